The molecule has 6 nitrogen and oxygen atoms in total. The second-order valence-corrected chi connectivity index (χ2v) is 6.62. The number of rotatable bonds is 3. The van der Waals surface area contributed by atoms with Crippen molar-refractivity contribution in [2.75, 3.05) is 0 Å². The first-order valence-corrected chi connectivity index (χ1v) is 8.14. The fourth-order valence-electron chi connectivity index (χ4n) is 3.26. The number of fused-ring (bicyclic) bond motifs is 1. The van der Waals surface area contributed by atoms with E-state index in [0.29, 0.717) is 0 Å². The van der Waals surface area contributed by atoms with Crippen molar-refractivity contribution in [3.05, 3.63) is 61.9 Å². The second-order valence-electron chi connectivity index (χ2n) is 6.62. The highest BCUT2D eigenvalue weighted by molar-refractivity contribution is 5.78. The molecule has 4 rings (SSSR count). The molecular weight excluding hydrogens is 349 g/mol. The van der Waals surface area contributed by atoms with Crippen LogP contribution in [0.2, 0.25) is 0 Å². The lowest BCUT2D eigenvalue weighted by Gasteiger charge is -2.18. The smallest absolute Gasteiger partial charge is 0.291 e. The van der Waals surface area contributed by atoms with Crippen LogP contribution < -0.4 is 11.2 Å². The van der Waals surface area contributed by atoms with Gasteiger partial charge in [0.05, 0.1) is 6.04 Å². The van der Waals surface area contributed by atoms with Gasteiger partial charge in [0.2, 0.25) is 0 Å². The minimum Gasteiger partial charge on any atom is -0.291 e. The van der Waals surface area contributed by atoms with Gasteiger partial charge in [-0.1, -0.05) is 29.8 Å². The van der Waals surface area contributed by atoms with Crippen molar-refractivity contribution < 1.29 is 13.2 Å². The van der Waals surface area contributed by atoms with Crippen LogP contribution in [0.1, 0.15) is 35.7 Å². The largest absolute Gasteiger partial charge is 0.436 e. The maximum absolute atomic E-state index is 13.4. The number of hydrogen-bond donors (Lipinski definition) is 2. The molecule has 0 radical (unpaired) electrons. The molecule has 0 bridgehead atoms. The van der Waals surface area contributed by atoms with Crippen LogP contribution in [0.4, 0.5) is 13.2 Å². The quantitative estimate of drug-likeness (QED) is 0.750. The maximum Gasteiger partial charge on any atom is 0.436 e. The third-order valence-corrected chi connectivity index (χ3v) is 4.62. The summed E-state index contributed by atoms with van der Waals surface area (Å²) in [4.78, 5) is 27.9. The number of nitrogens with one attached hydrogen (secondary N) is 2. The Kier molecular flexibility index (Phi) is 3.57. The SMILES string of the molecule is Cc1ccc(C(C2CC2)n2nc(C(F)(F)F)c3c(=O)[nH]c(=O)[nH]c32)cc1. The fraction of sp³-hybridized carbons (Fsp3) is 0.353. The average Bonchev–Trinajstić information content (AvgIpc) is 3.30. The number of aromatic nitrogens is 4. The number of H-pyrrole nitrogens is 2. The van der Waals surface area contributed by atoms with Crippen molar-refractivity contribution in [2.45, 2.75) is 32.0 Å². The van der Waals surface area contributed by atoms with Crippen LogP contribution in [-0.4, -0.2) is 19.7 Å². The molecule has 1 aliphatic rings. The van der Waals surface area contributed by atoms with E-state index in [2.05, 4.69) is 10.1 Å². The molecule has 1 unspecified atom stereocenters. The van der Waals surface area contributed by atoms with Crippen molar-refractivity contribution in [1.82, 2.24) is 19.7 Å². The van der Waals surface area contributed by atoms with Gasteiger partial charge in [0.1, 0.15) is 11.0 Å². The Hall–Kier alpha value is -2.84. The minimum absolute atomic E-state index is 0.102. The third kappa shape index (κ3) is 2.73. The number of hydrogen-bond acceptors (Lipinski definition) is 3. The summed E-state index contributed by atoms with van der Waals surface area (Å²) >= 11 is 0. The first kappa shape index (κ1) is 16.6. The van der Waals surface area contributed by atoms with Gasteiger partial charge in [0.25, 0.3) is 5.56 Å². The third-order valence-electron chi connectivity index (χ3n) is 4.62. The van der Waals surface area contributed by atoms with Crippen LogP contribution in [0.5, 0.6) is 0 Å². The lowest BCUT2D eigenvalue weighted by atomic mass is 10.0. The molecule has 2 N–H and O–H groups in total. The molecule has 0 aliphatic heterocycles. The standard InChI is InChI=1S/C17H15F3N4O2/c1-8-2-4-9(5-3-8)12(10-6-7-10)24-14-11(13(23-24)17(18,19)20)15(25)22-16(26)21-14/h2-5,10,12H,6-7H2,1H3,(H2,21,22,25,26). The first-order valence-electron chi connectivity index (χ1n) is 8.14. The topological polar surface area (TPSA) is 83.5 Å². The van der Waals surface area contributed by atoms with Crippen molar-refractivity contribution in [1.29, 1.82) is 0 Å². The van der Waals surface area contributed by atoms with E-state index in [1.807, 2.05) is 36.2 Å². The Labute approximate surface area is 144 Å². The van der Waals surface area contributed by atoms with Crippen LogP contribution in [-0.2, 0) is 6.18 Å². The molecule has 0 amide bonds. The Morgan fingerprint density at radius 1 is 1.15 bits per heavy atom. The van der Waals surface area contributed by atoms with Crippen LogP contribution in [0.15, 0.2) is 33.9 Å². The Morgan fingerprint density at radius 3 is 2.38 bits per heavy atom. The van der Waals surface area contributed by atoms with E-state index in [1.54, 1.807) is 0 Å². The van der Waals surface area contributed by atoms with E-state index in [-0.39, 0.29) is 11.6 Å². The van der Waals surface area contributed by atoms with Crippen LogP contribution in [0, 0.1) is 12.8 Å². The van der Waals surface area contributed by atoms with E-state index in [1.165, 1.54) is 0 Å². The summed E-state index contributed by atoms with van der Waals surface area (Å²) in [5.74, 6) is 0.102. The van der Waals surface area contributed by atoms with E-state index in [0.717, 1.165) is 28.7 Å². The molecule has 1 aliphatic carbocycles. The van der Waals surface area contributed by atoms with Crippen LogP contribution >= 0.6 is 0 Å². The van der Waals surface area contributed by atoms with Crippen molar-refractivity contribution >= 4 is 11.0 Å². The minimum atomic E-state index is -4.81. The number of nitrogens with zero attached hydrogens (tertiary/aromatic N) is 2. The van der Waals surface area contributed by atoms with E-state index in [4.69, 9.17) is 0 Å². The molecule has 1 aromatic carbocycles. The molecule has 1 atom stereocenters. The molecule has 2 heterocycles. The van der Waals surface area contributed by atoms with Gasteiger partial charge in [0, 0.05) is 0 Å². The molecule has 1 fully saturated rings. The highest BCUT2D eigenvalue weighted by atomic mass is 19.4. The number of halogens is 3. The summed E-state index contributed by atoms with van der Waals surface area (Å²) in [6.07, 6.45) is -3.13. The summed E-state index contributed by atoms with van der Waals surface area (Å²) in [5, 5.41) is 3.08. The predicted octanol–water partition coefficient (Wildman–Crippen LogP) is 2.74. The normalized spacial score (nSPS) is 16.2. The number of benzene rings is 1. The van der Waals surface area contributed by atoms with Gasteiger partial charge < -0.3 is 0 Å². The van der Waals surface area contributed by atoms with Gasteiger partial charge in [0.15, 0.2) is 5.69 Å². The van der Waals surface area contributed by atoms with Gasteiger partial charge in [-0.3, -0.25) is 14.8 Å². The monoisotopic (exact) mass is 364 g/mol. The van der Waals surface area contributed by atoms with Crippen molar-refractivity contribution in [2.24, 2.45) is 5.92 Å². The summed E-state index contributed by atoms with van der Waals surface area (Å²) in [7, 11) is 0. The van der Waals surface area contributed by atoms with Crippen LogP contribution in [0.25, 0.3) is 11.0 Å². The molecule has 1 saturated carbocycles. The van der Waals surface area contributed by atoms with Crippen molar-refractivity contribution in [3.63, 3.8) is 0 Å². The maximum atomic E-state index is 13.4. The summed E-state index contributed by atoms with van der Waals surface area (Å²) in [6, 6.07) is 6.94. The van der Waals surface area contributed by atoms with Gasteiger partial charge in [-0.2, -0.15) is 18.3 Å². The Bertz CT molecular complexity index is 1090. The van der Waals surface area contributed by atoms with Gasteiger partial charge in [-0.25, -0.2) is 9.48 Å². The van der Waals surface area contributed by atoms with E-state index < -0.39 is 34.5 Å². The Balaban J connectivity index is 2.02. The number of aromatic amines is 2. The lowest BCUT2D eigenvalue weighted by molar-refractivity contribution is -0.140. The zero-order valence-electron chi connectivity index (χ0n) is 13.7. The molecule has 9 heteroatoms. The Morgan fingerprint density at radius 2 is 1.81 bits per heavy atom. The van der Waals surface area contributed by atoms with Crippen molar-refractivity contribution in [3.8, 4) is 0 Å². The fourth-order valence-corrected chi connectivity index (χ4v) is 3.26. The molecule has 0 spiro atoms. The highest BCUT2D eigenvalue weighted by Gasteiger charge is 2.42. The predicted molar refractivity (Wildman–Crippen MR) is 88.0 cm³/mol. The van der Waals surface area contributed by atoms with E-state index in [9.17, 15) is 22.8 Å². The number of alkyl halides is 3. The van der Waals surface area contributed by atoms with E-state index >= 15 is 0 Å². The zero-order chi connectivity index (χ0) is 18.6. The first-order chi connectivity index (χ1) is 12.3. The molecule has 0 saturated heterocycles. The molecule has 26 heavy (non-hydrogen) atoms. The molecule has 2 aromatic heterocycles. The molecule has 3 aromatic rings. The van der Waals surface area contributed by atoms with Gasteiger partial charge in [-0.05, 0) is 31.2 Å². The van der Waals surface area contributed by atoms with Crippen LogP contribution in [0.3, 0.4) is 0 Å². The second kappa shape index (κ2) is 5.58. The van der Waals surface area contributed by atoms with Gasteiger partial charge >= 0.3 is 11.9 Å². The molecule has 136 valence electrons. The summed E-state index contributed by atoms with van der Waals surface area (Å²) in [5.41, 5.74) is -1.64. The lowest BCUT2D eigenvalue weighted by Crippen LogP contribution is -2.24. The molecular formula is C17H15F3N4O2. The number of aryl methyl sites for hydroxylation is 1. The van der Waals surface area contributed by atoms with Gasteiger partial charge in [-0.15, -0.1) is 0 Å². The highest BCUT2D eigenvalue weighted by Crippen LogP contribution is 2.45. The average molecular weight is 364 g/mol. The zero-order valence-corrected chi connectivity index (χ0v) is 13.7. The summed E-state index contributed by atoms with van der Waals surface area (Å²) in [6.45, 7) is 1.91. The summed E-state index contributed by atoms with van der Waals surface area (Å²) < 4.78 is 41.4.